The maximum Gasteiger partial charge on any atom is 0.417 e. The summed E-state index contributed by atoms with van der Waals surface area (Å²) in [7, 11) is 0. The standard InChI is InChI=1S/C18H29Cl2F6N5/c19-12-5-4-9(6-13(12)20)8-27-15-29-14(18(24,25)26)30-16(31-15)28-11-3-1-2-10(7-11)17(21,22)23/h9-16,27-31H,1-8H2. The van der Waals surface area contributed by atoms with Crippen molar-refractivity contribution in [1.29, 1.82) is 0 Å². The van der Waals surface area contributed by atoms with Crippen LogP contribution < -0.4 is 26.6 Å². The van der Waals surface area contributed by atoms with Crippen LogP contribution in [0.1, 0.15) is 44.9 Å². The van der Waals surface area contributed by atoms with Gasteiger partial charge in [0.15, 0.2) is 6.17 Å². The number of halogens is 8. The minimum absolute atomic E-state index is 0.0518. The average Bonchev–Trinajstić information content (AvgIpc) is 2.68. The van der Waals surface area contributed by atoms with Gasteiger partial charge in [0, 0.05) is 18.0 Å². The molecule has 0 bridgehead atoms. The van der Waals surface area contributed by atoms with Crippen molar-refractivity contribution in [3.8, 4) is 0 Å². The number of rotatable bonds is 5. The lowest BCUT2D eigenvalue weighted by molar-refractivity contribution is -0.185. The van der Waals surface area contributed by atoms with E-state index in [1.54, 1.807) is 0 Å². The molecule has 31 heavy (non-hydrogen) atoms. The van der Waals surface area contributed by atoms with E-state index in [2.05, 4.69) is 26.6 Å². The molecule has 3 rings (SSSR count). The molecule has 1 saturated heterocycles. The van der Waals surface area contributed by atoms with E-state index in [-0.39, 0.29) is 29.5 Å². The van der Waals surface area contributed by atoms with E-state index in [0.717, 1.165) is 12.8 Å². The molecular formula is C18H29Cl2F6N5. The van der Waals surface area contributed by atoms with Crippen LogP contribution in [0, 0.1) is 11.8 Å². The van der Waals surface area contributed by atoms with Gasteiger partial charge < -0.3 is 0 Å². The van der Waals surface area contributed by atoms with Crippen molar-refractivity contribution in [3.63, 3.8) is 0 Å². The van der Waals surface area contributed by atoms with Crippen LogP contribution in [0.25, 0.3) is 0 Å². The molecule has 0 spiro atoms. The van der Waals surface area contributed by atoms with Crippen molar-refractivity contribution in [2.24, 2.45) is 11.8 Å². The van der Waals surface area contributed by atoms with Gasteiger partial charge in [-0.2, -0.15) is 26.3 Å². The summed E-state index contributed by atoms with van der Waals surface area (Å²) < 4.78 is 79.3. The van der Waals surface area contributed by atoms with Gasteiger partial charge in [0.05, 0.1) is 11.3 Å². The van der Waals surface area contributed by atoms with Crippen LogP contribution in [-0.4, -0.2) is 54.4 Å². The van der Waals surface area contributed by atoms with E-state index in [1.165, 1.54) is 0 Å². The molecule has 3 fully saturated rings. The van der Waals surface area contributed by atoms with Gasteiger partial charge in [-0.15, -0.1) is 23.2 Å². The average molecular weight is 500 g/mol. The molecule has 3 aliphatic rings. The summed E-state index contributed by atoms with van der Waals surface area (Å²) >= 11 is 12.3. The van der Waals surface area contributed by atoms with Gasteiger partial charge in [-0.05, 0) is 44.4 Å². The van der Waals surface area contributed by atoms with Gasteiger partial charge in [-0.3, -0.25) is 26.6 Å². The van der Waals surface area contributed by atoms with Gasteiger partial charge in [0.1, 0.15) is 12.6 Å². The molecule has 2 saturated carbocycles. The normalized spacial score (nSPS) is 40.6. The molecule has 8 atom stereocenters. The zero-order valence-corrected chi connectivity index (χ0v) is 18.3. The summed E-state index contributed by atoms with van der Waals surface area (Å²) in [5.74, 6) is -1.26. The monoisotopic (exact) mass is 499 g/mol. The minimum atomic E-state index is -4.57. The van der Waals surface area contributed by atoms with Gasteiger partial charge in [0.2, 0.25) is 0 Å². The van der Waals surface area contributed by atoms with E-state index >= 15 is 0 Å². The first-order valence-electron chi connectivity index (χ1n) is 10.6. The Labute approximate surface area is 187 Å². The zero-order chi connectivity index (χ0) is 22.8. The van der Waals surface area contributed by atoms with Crippen molar-refractivity contribution >= 4 is 23.2 Å². The zero-order valence-electron chi connectivity index (χ0n) is 16.8. The Balaban J connectivity index is 1.56. The quantitative estimate of drug-likeness (QED) is 0.296. The van der Waals surface area contributed by atoms with Gasteiger partial charge in [0.25, 0.3) is 0 Å². The van der Waals surface area contributed by atoms with Crippen LogP contribution in [0.5, 0.6) is 0 Å². The summed E-state index contributed by atoms with van der Waals surface area (Å²) in [4.78, 5) is 0. The number of nitrogens with one attached hydrogen (secondary N) is 5. The van der Waals surface area contributed by atoms with Crippen LogP contribution in [0.15, 0.2) is 0 Å². The molecule has 0 aromatic heterocycles. The SMILES string of the molecule is FC(F)(F)C1CCCC(NC2NC(NCC3CCC(Cl)C(Cl)C3)NC(C(F)(F)F)N2)C1. The Hall–Kier alpha value is -0.0400. The van der Waals surface area contributed by atoms with Crippen molar-refractivity contribution in [2.45, 2.75) is 92.8 Å². The highest BCUT2D eigenvalue weighted by Crippen LogP contribution is 2.37. The molecule has 0 aromatic carbocycles. The second-order valence-electron chi connectivity index (χ2n) is 8.73. The number of hydrogen-bond donors (Lipinski definition) is 5. The molecule has 13 heteroatoms. The molecule has 8 unspecified atom stereocenters. The number of alkyl halides is 8. The fourth-order valence-corrected chi connectivity index (χ4v) is 5.16. The van der Waals surface area contributed by atoms with Crippen LogP contribution in [0.3, 0.4) is 0 Å². The Morgan fingerprint density at radius 2 is 1.48 bits per heavy atom. The molecule has 0 amide bonds. The largest absolute Gasteiger partial charge is 0.417 e. The van der Waals surface area contributed by atoms with E-state index in [1.807, 2.05) is 0 Å². The predicted molar refractivity (Wildman–Crippen MR) is 106 cm³/mol. The lowest BCUT2D eigenvalue weighted by atomic mass is 9.85. The van der Waals surface area contributed by atoms with Crippen LogP contribution in [0.4, 0.5) is 26.3 Å². The highest BCUT2D eigenvalue weighted by molar-refractivity contribution is 6.30. The number of hydrogen-bond acceptors (Lipinski definition) is 5. The van der Waals surface area contributed by atoms with Crippen LogP contribution in [-0.2, 0) is 0 Å². The minimum Gasteiger partial charge on any atom is -0.289 e. The lowest BCUT2D eigenvalue weighted by Gasteiger charge is -2.43. The second kappa shape index (κ2) is 10.5. The molecule has 0 aromatic rings. The first-order chi connectivity index (χ1) is 14.4. The van der Waals surface area contributed by atoms with E-state index in [0.29, 0.717) is 25.8 Å². The lowest BCUT2D eigenvalue weighted by Crippen LogP contribution is -2.78. The van der Waals surface area contributed by atoms with Gasteiger partial charge in [-0.1, -0.05) is 6.42 Å². The smallest absolute Gasteiger partial charge is 0.289 e. The van der Waals surface area contributed by atoms with Crippen molar-refractivity contribution in [1.82, 2.24) is 26.6 Å². The van der Waals surface area contributed by atoms with Crippen molar-refractivity contribution in [3.05, 3.63) is 0 Å². The third-order valence-electron chi connectivity index (χ3n) is 6.28. The first-order valence-corrected chi connectivity index (χ1v) is 11.5. The Bertz CT molecular complexity index is 581. The fraction of sp³-hybridized carbons (Fsp3) is 1.00. The molecule has 1 aliphatic heterocycles. The van der Waals surface area contributed by atoms with E-state index in [9.17, 15) is 26.3 Å². The van der Waals surface area contributed by atoms with Crippen LogP contribution >= 0.6 is 23.2 Å². The molecule has 5 nitrogen and oxygen atoms in total. The highest BCUT2D eigenvalue weighted by atomic mass is 35.5. The summed E-state index contributed by atoms with van der Waals surface area (Å²) in [6.45, 7) is 0.439. The Morgan fingerprint density at radius 3 is 2.13 bits per heavy atom. The second-order valence-corrected chi connectivity index (χ2v) is 9.85. The predicted octanol–water partition coefficient (Wildman–Crippen LogP) is 3.54. The Morgan fingerprint density at radius 1 is 0.774 bits per heavy atom. The maximum atomic E-state index is 13.4. The summed E-state index contributed by atoms with van der Waals surface area (Å²) in [6.07, 6.45) is -9.76. The third kappa shape index (κ3) is 7.48. The third-order valence-corrected chi connectivity index (χ3v) is 7.41. The molecule has 2 aliphatic carbocycles. The van der Waals surface area contributed by atoms with Crippen molar-refractivity contribution < 1.29 is 26.3 Å². The van der Waals surface area contributed by atoms with E-state index in [4.69, 9.17) is 23.2 Å². The molecular weight excluding hydrogens is 471 g/mol. The molecule has 182 valence electrons. The summed E-state index contributed by atoms with van der Waals surface area (Å²) in [6, 6.07) is -0.533. The summed E-state index contributed by atoms with van der Waals surface area (Å²) in [5, 5.41) is 13.4. The molecule has 1 heterocycles. The van der Waals surface area contributed by atoms with Crippen LogP contribution in [0.2, 0.25) is 0 Å². The first kappa shape index (κ1) is 25.6. The topological polar surface area (TPSA) is 60.1 Å². The van der Waals surface area contributed by atoms with Crippen molar-refractivity contribution in [2.75, 3.05) is 6.54 Å². The molecule has 5 N–H and O–H groups in total. The summed E-state index contributed by atoms with van der Waals surface area (Å²) in [5.41, 5.74) is 0. The molecule has 0 radical (unpaired) electrons. The van der Waals surface area contributed by atoms with E-state index < -0.39 is 43.1 Å². The highest BCUT2D eigenvalue weighted by Gasteiger charge is 2.46. The van der Waals surface area contributed by atoms with Gasteiger partial charge in [-0.25, -0.2) is 0 Å². The van der Waals surface area contributed by atoms with Gasteiger partial charge >= 0.3 is 12.4 Å². The maximum absolute atomic E-state index is 13.4. The Kier molecular flexibility index (Phi) is 8.65. The fourth-order valence-electron chi connectivity index (χ4n) is 4.55.